The molecular weight excluding hydrogens is 290 g/mol. The summed E-state index contributed by atoms with van der Waals surface area (Å²) in [6.07, 6.45) is 0.864. The van der Waals surface area contributed by atoms with Gasteiger partial charge in [-0.3, -0.25) is 4.79 Å². The lowest BCUT2D eigenvalue weighted by atomic mass is 9.79. The van der Waals surface area contributed by atoms with Gasteiger partial charge in [-0.25, -0.2) is 4.68 Å². The van der Waals surface area contributed by atoms with Crippen LogP contribution in [0.5, 0.6) is 0 Å². The maximum atomic E-state index is 12.8. The van der Waals surface area contributed by atoms with E-state index in [4.69, 9.17) is 5.73 Å². The van der Waals surface area contributed by atoms with E-state index in [-0.39, 0.29) is 23.8 Å². The summed E-state index contributed by atoms with van der Waals surface area (Å²) in [7, 11) is 0. The monoisotopic (exact) mass is 314 g/mol. The summed E-state index contributed by atoms with van der Waals surface area (Å²) >= 11 is 0. The second-order valence-electron chi connectivity index (χ2n) is 6.75. The second kappa shape index (κ2) is 5.95. The molecule has 0 spiro atoms. The highest BCUT2D eigenvalue weighted by atomic mass is 19.3. The van der Waals surface area contributed by atoms with Crippen LogP contribution in [-0.2, 0) is 11.2 Å². The van der Waals surface area contributed by atoms with Crippen molar-refractivity contribution in [1.29, 1.82) is 0 Å². The zero-order valence-corrected chi connectivity index (χ0v) is 13.6. The molecule has 1 amide bonds. The van der Waals surface area contributed by atoms with E-state index >= 15 is 0 Å². The first kappa shape index (κ1) is 16.9. The van der Waals surface area contributed by atoms with Crippen molar-refractivity contribution < 1.29 is 13.6 Å². The quantitative estimate of drug-likeness (QED) is 0.928. The summed E-state index contributed by atoms with van der Waals surface area (Å²) in [6, 6.07) is 0.0709. The molecule has 22 heavy (non-hydrogen) atoms. The van der Waals surface area contributed by atoms with Gasteiger partial charge in [-0.15, -0.1) is 0 Å². The fraction of sp³-hybridized carbons (Fsp3) is 0.733. The molecule has 0 bridgehead atoms. The summed E-state index contributed by atoms with van der Waals surface area (Å²) in [4.78, 5) is 14.3. The van der Waals surface area contributed by atoms with E-state index in [0.29, 0.717) is 34.7 Å². The zero-order valence-electron chi connectivity index (χ0n) is 13.6. The van der Waals surface area contributed by atoms with E-state index in [1.807, 2.05) is 13.8 Å². The number of aryl methyl sites for hydroxylation is 1. The Kier molecular flexibility index (Phi) is 4.56. The number of hydrogen-bond acceptors (Lipinski definition) is 3. The topological polar surface area (TPSA) is 64.2 Å². The minimum Gasteiger partial charge on any atom is -0.342 e. The number of aromatic nitrogens is 2. The molecule has 0 aliphatic carbocycles. The molecule has 1 aliphatic rings. The highest BCUT2D eigenvalue weighted by Crippen LogP contribution is 2.28. The summed E-state index contributed by atoms with van der Waals surface area (Å²) in [5.74, 6) is -0.0556. The van der Waals surface area contributed by atoms with Crippen LogP contribution in [0.2, 0.25) is 0 Å². The van der Waals surface area contributed by atoms with Gasteiger partial charge in [-0.2, -0.15) is 13.9 Å². The van der Waals surface area contributed by atoms with Gasteiger partial charge in [0.05, 0.1) is 12.1 Å². The lowest BCUT2D eigenvalue weighted by Gasteiger charge is -2.42. The van der Waals surface area contributed by atoms with Gasteiger partial charge in [0.15, 0.2) is 0 Å². The molecule has 1 aliphatic heterocycles. The van der Waals surface area contributed by atoms with Crippen LogP contribution in [-0.4, -0.2) is 39.7 Å². The van der Waals surface area contributed by atoms with Crippen LogP contribution in [0.3, 0.4) is 0 Å². The van der Waals surface area contributed by atoms with Gasteiger partial charge in [0.25, 0.3) is 0 Å². The first-order chi connectivity index (χ1) is 10.1. The van der Waals surface area contributed by atoms with E-state index in [2.05, 4.69) is 5.10 Å². The maximum absolute atomic E-state index is 12.8. The molecule has 2 heterocycles. The summed E-state index contributed by atoms with van der Waals surface area (Å²) in [5, 5.41) is 3.82. The molecule has 2 N–H and O–H groups in total. The van der Waals surface area contributed by atoms with Crippen molar-refractivity contribution >= 4 is 5.91 Å². The SMILES string of the molecule is Cc1nn(C(F)F)c(C)c1CC(=O)N1CCC(N)C(C)(C)C1. The van der Waals surface area contributed by atoms with E-state index in [1.54, 1.807) is 18.7 Å². The highest BCUT2D eigenvalue weighted by Gasteiger charge is 2.35. The van der Waals surface area contributed by atoms with Crippen molar-refractivity contribution in [2.24, 2.45) is 11.1 Å². The van der Waals surface area contributed by atoms with Crippen molar-refractivity contribution in [3.05, 3.63) is 17.0 Å². The number of piperidine rings is 1. The van der Waals surface area contributed by atoms with Crippen LogP contribution in [0.4, 0.5) is 8.78 Å². The number of halogens is 2. The minimum atomic E-state index is -2.69. The average Bonchev–Trinajstić information content (AvgIpc) is 2.69. The van der Waals surface area contributed by atoms with Crippen molar-refractivity contribution in [2.45, 2.75) is 53.1 Å². The smallest absolute Gasteiger partial charge is 0.333 e. The Labute approximate surface area is 129 Å². The number of rotatable bonds is 3. The third kappa shape index (κ3) is 3.14. The Balaban J connectivity index is 2.13. The highest BCUT2D eigenvalue weighted by molar-refractivity contribution is 5.79. The van der Waals surface area contributed by atoms with Gasteiger partial charge in [0.2, 0.25) is 5.91 Å². The zero-order chi connectivity index (χ0) is 16.7. The van der Waals surface area contributed by atoms with Crippen molar-refractivity contribution in [2.75, 3.05) is 13.1 Å². The molecule has 0 radical (unpaired) electrons. The Morgan fingerprint density at radius 3 is 2.59 bits per heavy atom. The van der Waals surface area contributed by atoms with E-state index in [1.165, 1.54) is 0 Å². The molecule has 7 heteroatoms. The Morgan fingerprint density at radius 1 is 1.45 bits per heavy atom. The van der Waals surface area contributed by atoms with Crippen molar-refractivity contribution in [3.63, 3.8) is 0 Å². The molecule has 124 valence electrons. The molecule has 5 nitrogen and oxygen atoms in total. The van der Waals surface area contributed by atoms with Gasteiger partial charge in [-0.1, -0.05) is 13.8 Å². The van der Waals surface area contributed by atoms with Crippen LogP contribution < -0.4 is 5.73 Å². The van der Waals surface area contributed by atoms with Crippen LogP contribution in [0, 0.1) is 19.3 Å². The van der Waals surface area contributed by atoms with Crippen LogP contribution >= 0.6 is 0 Å². The molecule has 1 unspecified atom stereocenters. The van der Waals surface area contributed by atoms with Crippen molar-refractivity contribution in [1.82, 2.24) is 14.7 Å². The Morgan fingerprint density at radius 2 is 2.09 bits per heavy atom. The lowest BCUT2D eigenvalue weighted by Crippen LogP contribution is -2.54. The average molecular weight is 314 g/mol. The third-order valence-corrected chi connectivity index (χ3v) is 4.65. The number of hydrogen-bond donors (Lipinski definition) is 1. The van der Waals surface area contributed by atoms with Gasteiger partial charge in [-0.05, 0) is 25.7 Å². The molecule has 1 aromatic rings. The largest absolute Gasteiger partial charge is 0.342 e. The Hall–Kier alpha value is -1.50. The van der Waals surface area contributed by atoms with Crippen molar-refractivity contribution in [3.8, 4) is 0 Å². The molecule has 1 atom stereocenters. The standard InChI is InChI=1S/C15H24F2N4O/c1-9-11(10(2)21(19-9)14(16)17)7-13(22)20-6-5-12(18)15(3,4)8-20/h12,14H,5-8,18H2,1-4H3. The number of carbonyl (C=O) groups is 1. The lowest BCUT2D eigenvalue weighted by molar-refractivity contribution is -0.133. The minimum absolute atomic E-state index is 0.0556. The fourth-order valence-corrected chi connectivity index (χ4v) is 2.99. The number of nitrogens with zero attached hydrogens (tertiary/aromatic N) is 3. The maximum Gasteiger partial charge on any atom is 0.333 e. The van der Waals surface area contributed by atoms with Gasteiger partial charge < -0.3 is 10.6 Å². The van der Waals surface area contributed by atoms with Crippen LogP contribution in [0.1, 0.15) is 43.8 Å². The summed E-state index contributed by atoms with van der Waals surface area (Å²) < 4.78 is 26.4. The Bertz CT molecular complexity index is 568. The van der Waals surface area contributed by atoms with Crippen LogP contribution in [0.25, 0.3) is 0 Å². The molecule has 2 rings (SSSR count). The molecule has 0 aromatic carbocycles. The van der Waals surface area contributed by atoms with E-state index in [0.717, 1.165) is 6.42 Å². The molecule has 1 fully saturated rings. The fourth-order valence-electron chi connectivity index (χ4n) is 2.99. The number of likely N-dealkylation sites (tertiary alicyclic amines) is 1. The number of alkyl halides is 2. The molecular formula is C15H24F2N4O. The molecule has 1 aromatic heterocycles. The predicted molar refractivity (Wildman–Crippen MR) is 79.6 cm³/mol. The second-order valence-corrected chi connectivity index (χ2v) is 6.75. The number of nitrogens with two attached hydrogens (primary N) is 1. The van der Waals surface area contributed by atoms with Gasteiger partial charge in [0.1, 0.15) is 0 Å². The van der Waals surface area contributed by atoms with Crippen LogP contribution in [0.15, 0.2) is 0 Å². The van der Waals surface area contributed by atoms with Gasteiger partial charge >= 0.3 is 6.55 Å². The molecule has 1 saturated heterocycles. The summed E-state index contributed by atoms with van der Waals surface area (Å²) in [5.41, 5.74) is 7.38. The number of carbonyl (C=O) groups excluding carboxylic acids is 1. The third-order valence-electron chi connectivity index (χ3n) is 4.65. The summed E-state index contributed by atoms with van der Waals surface area (Å²) in [6.45, 7) is 5.84. The first-order valence-corrected chi connectivity index (χ1v) is 7.49. The normalized spacial score (nSPS) is 21.5. The number of amides is 1. The van der Waals surface area contributed by atoms with E-state index in [9.17, 15) is 13.6 Å². The van der Waals surface area contributed by atoms with Gasteiger partial charge in [0, 0.05) is 30.4 Å². The molecule has 0 saturated carbocycles. The van der Waals surface area contributed by atoms with E-state index < -0.39 is 6.55 Å². The first-order valence-electron chi connectivity index (χ1n) is 7.49. The predicted octanol–water partition coefficient (Wildman–Crippen LogP) is 2.02.